The Morgan fingerprint density at radius 2 is 1.86 bits per heavy atom. The van der Waals surface area contributed by atoms with Crippen molar-refractivity contribution in [3.05, 3.63) is 66.2 Å². The Bertz CT molecular complexity index is 921. The van der Waals surface area contributed by atoms with E-state index in [2.05, 4.69) is 15.1 Å². The van der Waals surface area contributed by atoms with Crippen molar-refractivity contribution in [3.63, 3.8) is 0 Å². The number of benzene rings is 2. The fourth-order valence-electron chi connectivity index (χ4n) is 2.50. The second kappa shape index (κ2) is 5.04. The van der Waals surface area contributed by atoms with E-state index >= 15 is 0 Å². The summed E-state index contributed by atoms with van der Waals surface area (Å²) in [7, 11) is 0. The summed E-state index contributed by atoms with van der Waals surface area (Å²) in [6.07, 6.45) is 2.50. The second-order valence-electron chi connectivity index (χ2n) is 5.18. The lowest BCUT2D eigenvalue weighted by Gasteiger charge is -1.97. The van der Waals surface area contributed by atoms with E-state index in [1.807, 2.05) is 54.7 Å². The van der Waals surface area contributed by atoms with Crippen molar-refractivity contribution < 1.29 is 4.52 Å². The van der Waals surface area contributed by atoms with E-state index in [4.69, 9.17) is 10.3 Å². The number of H-pyrrole nitrogens is 1. The highest BCUT2D eigenvalue weighted by atomic mass is 16.5. The van der Waals surface area contributed by atoms with Gasteiger partial charge in [0, 0.05) is 28.4 Å². The van der Waals surface area contributed by atoms with Gasteiger partial charge in [0.1, 0.15) is 0 Å². The Labute approximate surface area is 126 Å². The maximum absolute atomic E-state index is 5.69. The molecule has 0 unspecified atom stereocenters. The molecule has 4 aromatic rings. The molecule has 0 aliphatic rings. The van der Waals surface area contributed by atoms with Gasteiger partial charge < -0.3 is 15.2 Å². The molecule has 2 aromatic carbocycles. The fraction of sp³-hybridized carbons (Fsp3) is 0.0588. The second-order valence-corrected chi connectivity index (χ2v) is 5.18. The molecule has 0 fully saturated rings. The number of hydrogen-bond donors (Lipinski definition) is 2. The van der Waals surface area contributed by atoms with Crippen molar-refractivity contribution in [3.8, 4) is 11.4 Å². The molecule has 0 bridgehead atoms. The molecule has 0 radical (unpaired) electrons. The van der Waals surface area contributed by atoms with Crippen molar-refractivity contribution in [1.29, 1.82) is 0 Å². The maximum Gasteiger partial charge on any atom is 0.231 e. The zero-order chi connectivity index (χ0) is 14.9. The van der Waals surface area contributed by atoms with Crippen LogP contribution >= 0.6 is 0 Å². The predicted octanol–water partition coefficient (Wildman–Crippen LogP) is 3.39. The van der Waals surface area contributed by atoms with Gasteiger partial charge >= 0.3 is 0 Å². The Morgan fingerprint density at radius 1 is 1.05 bits per heavy atom. The van der Waals surface area contributed by atoms with Crippen LogP contribution in [0.1, 0.15) is 11.5 Å². The van der Waals surface area contributed by atoms with E-state index in [1.165, 1.54) is 0 Å². The largest absolute Gasteiger partial charge is 0.399 e. The number of aromatic nitrogens is 3. The van der Waals surface area contributed by atoms with Gasteiger partial charge in [-0.25, -0.2) is 0 Å². The van der Waals surface area contributed by atoms with Crippen molar-refractivity contribution in [2.75, 3.05) is 5.73 Å². The third-order valence-electron chi connectivity index (χ3n) is 3.63. The number of nitrogen functional groups attached to an aromatic ring is 1. The number of para-hydroxylation sites is 1. The molecule has 22 heavy (non-hydrogen) atoms. The number of fused-ring (bicyclic) bond motifs is 1. The van der Waals surface area contributed by atoms with Crippen LogP contribution in [0.15, 0.2) is 59.3 Å². The standard InChI is InChI=1S/C17H14N4O/c18-12-7-5-11(6-8-12)9-16-20-17(21-22-16)14-10-19-15-4-2-1-3-13(14)15/h1-8,10,19H,9,18H2. The van der Waals surface area contributed by atoms with E-state index in [0.29, 0.717) is 18.1 Å². The number of rotatable bonds is 3. The Hall–Kier alpha value is -3.08. The van der Waals surface area contributed by atoms with Gasteiger partial charge in [-0.2, -0.15) is 4.98 Å². The monoisotopic (exact) mass is 290 g/mol. The van der Waals surface area contributed by atoms with Crippen molar-refractivity contribution >= 4 is 16.6 Å². The lowest BCUT2D eigenvalue weighted by molar-refractivity contribution is 0.386. The molecule has 4 rings (SSSR count). The number of nitrogens with two attached hydrogens (primary N) is 1. The van der Waals surface area contributed by atoms with Gasteiger partial charge in [-0.15, -0.1) is 0 Å². The molecule has 3 N–H and O–H groups in total. The predicted molar refractivity (Wildman–Crippen MR) is 85.3 cm³/mol. The zero-order valence-electron chi connectivity index (χ0n) is 11.8. The highest BCUT2D eigenvalue weighted by molar-refractivity contribution is 5.93. The number of nitrogens with zero attached hydrogens (tertiary/aromatic N) is 2. The zero-order valence-corrected chi connectivity index (χ0v) is 11.8. The van der Waals surface area contributed by atoms with E-state index in [1.54, 1.807) is 0 Å². The van der Waals surface area contributed by atoms with Crippen LogP contribution in [0.4, 0.5) is 5.69 Å². The van der Waals surface area contributed by atoms with Gasteiger partial charge in [0.05, 0.1) is 6.42 Å². The van der Waals surface area contributed by atoms with Crippen LogP contribution in [0, 0.1) is 0 Å². The molecular weight excluding hydrogens is 276 g/mol. The third kappa shape index (κ3) is 2.22. The van der Waals surface area contributed by atoms with Crippen LogP contribution in [0.2, 0.25) is 0 Å². The van der Waals surface area contributed by atoms with Gasteiger partial charge in [0.25, 0.3) is 0 Å². The maximum atomic E-state index is 5.69. The number of hydrogen-bond acceptors (Lipinski definition) is 4. The van der Waals surface area contributed by atoms with E-state index < -0.39 is 0 Å². The molecule has 108 valence electrons. The van der Waals surface area contributed by atoms with E-state index in [-0.39, 0.29) is 0 Å². The summed E-state index contributed by atoms with van der Waals surface area (Å²) < 4.78 is 5.37. The molecule has 0 saturated heterocycles. The van der Waals surface area contributed by atoms with Crippen molar-refractivity contribution in [2.45, 2.75) is 6.42 Å². The van der Waals surface area contributed by atoms with Gasteiger partial charge in [-0.3, -0.25) is 0 Å². The van der Waals surface area contributed by atoms with Gasteiger partial charge in [0.15, 0.2) is 0 Å². The molecule has 0 saturated carbocycles. The molecule has 2 heterocycles. The average molecular weight is 290 g/mol. The highest BCUT2D eigenvalue weighted by Crippen LogP contribution is 2.26. The molecule has 0 aliphatic heterocycles. The normalized spacial score (nSPS) is 11.1. The van der Waals surface area contributed by atoms with Gasteiger partial charge in [0.2, 0.25) is 11.7 Å². The van der Waals surface area contributed by atoms with Crippen LogP contribution in [-0.2, 0) is 6.42 Å². The molecule has 0 aliphatic carbocycles. The quantitative estimate of drug-likeness (QED) is 0.567. The third-order valence-corrected chi connectivity index (χ3v) is 3.63. The first-order valence-corrected chi connectivity index (χ1v) is 7.03. The van der Waals surface area contributed by atoms with Crippen molar-refractivity contribution in [1.82, 2.24) is 15.1 Å². The number of anilines is 1. The summed E-state index contributed by atoms with van der Waals surface area (Å²) >= 11 is 0. The number of nitrogens with one attached hydrogen (secondary N) is 1. The summed E-state index contributed by atoms with van der Waals surface area (Å²) in [6, 6.07) is 15.7. The molecular formula is C17H14N4O. The first-order chi connectivity index (χ1) is 10.8. The van der Waals surface area contributed by atoms with E-state index in [9.17, 15) is 0 Å². The summed E-state index contributed by atoms with van der Waals surface area (Å²) in [6.45, 7) is 0. The fourth-order valence-corrected chi connectivity index (χ4v) is 2.50. The molecule has 0 amide bonds. The topological polar surface area (TPSA) is 80.7 Å². The van der Waals surface area contributed by atoms with Crippen molar-refractivity contribution in [2.24, 2.45) is 0 Å². The SMILES string of the molecule is Nc1ccc(Cc2nc(-c3c[nH]c4ccccc34)no2)cc1. The Kier molecular flexibility index (Phi) is 2.89. The van der Waals surface area contributed by atoms with E-state index in [0.717, 1.165) is 27.7 Å². The first-order valence-electron chi connectivity index (χ1n) is 7.03. The molecule has 5 heteroatoms. The summed E-state index contributed by atoms with van der Waals surface area (Å²) in [5.74, 6) is 1.19. The van der Waals surface area contributed by atoms with Crippen LogP contribution < -0.4 is 5.73 Å². The van der Waals surface area contributed by atoms with Crippen LogP contribution in [-0.4, -0.2) is 15.1 Å². The molecule has 2 aromatic heterocycles. The summed E-state index contributed by atoms with van der Waals surface area (Å²) in [5, 5.41) is 5.18. The van der Waals surface area contributed by atoms with Gasteiger partial charge in [-0.1, -0.05) is 35.5 Å². The smallest absolute Gasteiger partial charge is 0.231 e. The van der Waals surface area contributed by atoms with Crippen LogP contribution in [0.5, 0.6) is 0 Å². The van der Waals surface area contributed by atoms with Gasteiger partial charge in [-0.05, 0) is 23.8 Å². The van der Waals surface area contributed by atoms with Crippen LogP contribution in [0.25, 0.3) is 22.3 Å². The lowest BCUT2D eigenvalue weighted by atomic mass is 10.1. The molecule has 0 spiro atoms. The van der Waals surface area contributed by atoms with Crippen LogP contribution in [0.3, 0.4) is 0 Å². The lowest BCUT2D eigenvalue weighted by Crippen LogP contribution is -1.90. The summed E-state index contributed by atoms with van der Waals surface area (Å²) in [4.78, 5) is 7.71. The number of aromatic amines is 1. The minimum absolute atomic E-state index is 0.588. The minimum atomic E-state index is 0.588. The minimum Gasteiger partial charge on any atom is -0.399 e. The molecule has 5 nitrogen and oxygen atoms in total. The molecule has 0 atom stereocenters. The Morgan fingerprint density at radius 3 is 2.73 bits per heavy atom. The average Bonchev–Trinajstić information content (AvgIpc) is 3.16. The first kappa shape index (κ1) is 12.6. The summed E-state index contributed by atoms with van der Waals surface area (Å²) in [5.41, 5.74) is 9.52. The highest BCUT2D eigenvalue weighted by Gasteiger charge is 2.13. The Balaban J connectivity index is 1.65.